The minimum absolute atomic E-state index is 0.197. The molecule has 6 heteroatoms. The quantitative estimate of drug-likeness (QED) is 0.791. The average Bonchev–Trinajstić information content (AvgIpc) is 3.25. The van der Waals surface area contributed by atoms with Gasteiger partial charge in [-0.15, -0.1) is 11.3 Å². The molecule has 0 unspecified atom stereocenters. The summed E-state index contributed by atoms with van der Waals surface area (Å²) in [5.41, 5.74) is 2.12. The highest BCUT2D eigenvalue weighted by molar-refractivity contribution is 7.10. The largest absolute Gasteiger partial charge is 0.383 e. The number of hydrogen-bond donors (Lipinski definition) is 0. The van der Waals surface area contributed by atoms with Crippen molar-refractivity contribution < 1.29 is 9.53 Å². The van der Waals surface area contributed by atoms with Crippen LogP contribution >= 0.6 is 11.3 Å². The standard InChI is InChI=1S/C19H27N3O2S/c1-4-16-14(2)25-13-17(16)19(23)22-8-5-15(6-9-22)18-20-7-10-21(18)11-12-24-3/h7,10,13,15H,4-6,8-9,11-12H2,1-3H3. The van der Waals surface area contributed by atoms with E-state index in [1.807, 2.05) is 22.7 Å². The number of amides is 1. The molecule has 0 spiro atoms. The summed E-state index contributed by atoms with van der Waals surface area (Å²) in [6, 6.07) is 0. The number of methoxy groups -OCH3 is 1. The molecular weight excluding hydrogens is 334 g/mol. The molecule has 2 aromatic heterocycles. The summed E-state index contributed by atoms with van der Waals surface area (Å²) < 4.78 is 7.36. The van der Waals surface area contributed by atoms with Gasteiger partial charge in [-0.1, -0.05) is 6.92 Å². The van der Waals surface area contributed by atoms with Gasteiger partial charge in [-0.3, -0.25) is 4.79 Å². The number of nitrogens with zero attached hydrogens (tertiary/aromatic N) is 3. The van der Waals surface area contributed by atoms with Gasteiger partial charge in [0.2, 0.25) is 0 Å². The third-order valence-corrected chi connectivity index (χ3v) is 6.07. The van der Waals surface area contributed by atoms with Crippen LogP contribution in [-0.4, -0.2) is 47.2 Å². The van der Waals surface area contributed by atoms with Crippen molar-refractivity contribution in [3.05, 3.63) is 39.6 Å². The Morgan fingerprint density at radius 1 is 1.40 bits per heavy atom. The topological polar surface area (TPSA) is 47.4 Å². The molecule has 1 aliphatic heterocycles. The first-order valence-corrected chi connectivity index (χ1v) is 9.89. The molecule has 0 N–H and O–H groups in total. The normalized spacial score (nSPS) is 15.7. The van der Waals surface area contributed by atoms with Gasteiger partial charge in [0.05, 0.1) is 12.2 Å². The fourth-order valence-corrected chi connectivity index (χ4v) is 4.60. The number of imidazole rings is 1. The van der Waals surface area contributed by atoms with E-state index < -0.39 is 0 Å². The maximum Gasteiger partial charge on any atom is 0.254 e. The van der Waals surface area contributed by atoms with E-state index in [1.165, 1.54) is 10.4 Å². The Morgan fingerprint density at radius 2 is 2.16 bits per heavy atom. The van der Waals surface area contributed by atoms with Crippen LogP contribution in [0, 0.1) is 6.92 Å². The number of carbonyl (C=O) groups is 1. The van der Waals surface area contributed by atoms with E-state index in [9.17, 15) is 4.79 Å². The molecule has 136 valence electrons. The van der Waals surface area contributed by atoms with Gasteiger partial charge >= 0.3 is 0 Å². The fourth-order valence-electron chi connectivity index (χ4n) is 3.67. The van der Waals surface area contributed by atoms with Crippen molar-refractivity contribution in [1.82, 2.24) is 14.5 Å². The van der Waals surface area contributed by atoms with Crippen LogP contribution in [0.15, 0.2) is 17.8 Å². The van der Waals surface area contributed by atoms with Crippen molar-refractivity contribution >= 4 is 17.2 Å². The van der Waals surface area contributed by atoms with Gasteiger partial charge in [0, 0.05) is 55.3 Å². The van der Waals surface area contributed by atoms with E-state index >= 15 is 0 Å². The van der Waals surface area contributed by atoms with Crippen LogP contribution in [0.1, 0.15) is 52.3 Å². The number of hydrogen-bond acceptors (Lipinski definition) is 4. The van der Waals surface area contributed by atoms with Crippen molar-refractivity contribution in [2.75, 3.05) is 26.8 Å². The molecule has 0 aliphatic carbocycles. The summed E-state index contributed by atoms with van der Waals surface area (Å²) in [6.45, 7) is 7.36. The predicted octanol–water partition coefficient (Wildman–Crippen LogP) is 3.48. The lowest BCUT2D eigenvalue weighted by atomic mass is 9.95. The lowest BCUT2D eigenvalue weighted by Crippen LogP contribution is -2.38. The van der Waals surface area contributed by atoms with Gasteiger partial charge in [0.15, 0.2) is 0 Å². The number of thiophene rings is 1. The van der Waals surface area contributed by atoms with Crippen LogP contribution in [0.3, 0.4) is 0 Å². The Morgan fingerprint density at radius 3 is 2.84 bits per heavy atom. The Bertz CT molecular complexity index is 714. The van der Waals surface area contributed by atoms with Gasteiger partial charge in [-0.05, 0) is 31.7 Å². The Balaban J connectivity index is 1.64. The molecule has 1 saturated heterocycles. The summed E-state index contributed by atoms with van der Waals surface area (Å²) in [5, 5.41) is 2.03. The fraction of sp³-hybridized carbons (Fsp3) is 0.579. The average molecular weight is 362 g/mol. The molecule has 0 bridgehead atoms. The molecule has 25 heavy (non-hydrogen) atoms. The maximum absolute atomic E-state index is 12.9. The van der Waals surface area contributed by atoms with Crippen LogP contribution in [0.4, 0.5) is 0 Å². The van der Waals surface area contributed by atoms with Crippen LogP contribution in [0.5, 0.6) is 0 Å². The number of ether oxygens (including phenoxy) is 1. The molecule has 3 rings (SSSR count). The van der Waals surface area contributed by atoms with Crippen molar-refractivity contribution in [1.29, 1.82) is 0 Å². The van der Waals surface area contributed by atoms with E-state index in [2.05, 4.69) is 23.4 Å². The van der Waals surface area contributed by atoms with E-state index in [4.69, 9.17) is 4.74 Å². The highest BCUT2D eigenvalue weighted by atomic mass is 32.1. The number of piperidine rings is 1. The zero-order chi connectivity index (χ0) is 17.8. The zero-order valence-electron chi connectivity index (χ0n) is 15.3. The van der Waals surface area contributed by atoms with Crippen molar-refractivity contribution in [3.63, 3.8) is 0 Å². The van der Waals surface area contributed by atoms with Gasteiger partial charge in [0.1, 0.15) is 5.82 Å². The summed E-state index contributed by atoms with van der Waals surface area (Å²) in [4.78, 5) is 20.7. The molecular formula is C19H27N3O2S. The second-order valence-corrected chi connectivity index (χ2v) is 7.66. The summed E-state index contributed by atoms with van der Waals surface area (Å²) in [7, 11) is 1.72. The van der Waals surface area contributed by atoms with Gasteiger partial charge in [-0.25, -0.2) is 4.98 Å². The third kappa shape index (κ3) is 3.80. The smallest absolute Gasteiger partial charge is 0.254 e. The molecule has 5 nitrogen and oxygen atoms in total. The number of rotatable bonds is 6. The van der Waals surface area contributed by atoms with E-state index in [0.717, 1.165) is 50.3 Å². The summed E-state index contributed by atoms with van der Waals surface area (Å²) in [5.74, 6) is 1.75. The monoisotopic (exact) mass is 361 g/mol. The molecule has 2 aromatic rings. The summed E-state index contributed by atoms with van der Waals surface area (Å²) in [6.07, 6.45) is 6.75. The van der Waals surface area contributed by atoms with E-state index in [1.54, 1.807) is 18.4 Å². The highest BCUT2D eigenvalue weighted by Gasteiger charge is 2.28. The summed E-state index contributed by atoms with van der Waals surface area (Å²) >= 11 is 1.68. The van der Waals surface area contributed by atoms with Crippen molar-refractivity contribution in [3.8, 4) is 0 Å². The number of carbonyl (C=O) groups excluding carboxylic acids is 1. The Hall–Kier alpha value is -1.66. The third-order valence-electron chi connectivity index (χ3n) is 5.12. The second-order valence-electron chi connectivity index (χ2n) is 6.58. The van der Waals surface area contributed by atoms with Crippen molar-refractivity contribution in [2.24, 2.45) is 0 Å². The van der Waals surface area contributed by atoms with E-state index in [0.29, 0.717) is 12.5 Å². The maximum atomic E-state index is 12.9. The van der Waals surface area contributed by atoms with E-state index in [-0.39, 0.29) is 5.91 Å². The molecule has 3 heterocycles. The Labute approximate surface area is 153 Å². The van der Waals surface area contributed by atoms with Crippen LogP contribution in [-0.2, 0) is 17.7 Å². The first-order valence-electron chi connectivity index (χ1n) is 9.01. The first-order chi connectivity index (χ1) is 12.2. The zero-order valence-corrected chi connectivity index (χ0v) is 16.1. The predicted molar refractivity (Wildman–Crippen MR) is 100 cm³/mol. The Kier molecular flexibility index (Phi) is 5.91. The molecule has 0 radical (unpaired) electrons. The van der Waals surface area contributed by atoms with Crippen molar-refractivity contribution in [2.45, 2.75) is 45.6 Å². The van der Waals surface area contributed by atoms with Crippen LogP contribution in [0.2, 0.25) is 0 Å². The number of aryl methyl sites for hydroxylation is 1. The molecule has 0 saturated carbocycles. The van der Waals surface area contributed by atoms with Gasteiger partial charge < -0.3 is 14.2 Å². The molecule has 1 fully saturated rings. The minimum atomic E-state index is 0.197. The van der Waals surface area contributed by atoms with Gasteiger partial charge in [-0.2, -0.15) is 0 Å². The minimum Gasteiger partial charge on any atom is -0.383 e. The molecule has 0 atom stereocenters. The number of likely N-dealkylation sites (tertiary alicyclic amines) is 1. The molecule has 1 aliphatic rings. The number of aromatic nitrogens is 2. The van der Waals surface area contributed by atoms with Crippen LogP contribution < -0.4 is 0 Å². The lowest BCUT2D eigenvalue weighted by Gasteiger charge is -2.32. The SMILES string of the molecule is CCc1c(C(=O)N2CCC(c3nccn3CCOC)CC2)csc1C. The van der Waals surface area contributed by atoms with Gasteiger partial charge in [0.25, 0.3) is 5.91 Å². The molecule has 1 amide bonds. The second kappa shape index (κ2) is 8.15. The first kappa shape index (κ1) is 18.1. The van der Waals surface area contributed by atoms with Crippen LogP contribution in [0.25, 0.3) is 0 Å². The highest BCUT2D eigenvalue weighted by Crippen LogP contribution is 2.29. The lowest BCUT2D eigenvalue weighted by molar-refractivity contribution is 0.0709. The molecule has 0 aromatic carbocycles.